The largest absolute Gasteiger partial charge is 0.492 e. The van der Waals surface area contributed by atoms with Gasteiger partial charge in [-0.1, -0.05) is 12.1 Å². The van der Waals surface area contributed by atoms with Gasteiger partial charge in [0.05, 0.1) is 13.2 Å². The number of hydrogen-bond donors (Lipinski definition) is 1. The van der Waals surface area contributed by atoms with Crippen LogP contribution in [0.5, 0.6) is 17.2 Å². The molecule has 2 aliphatic heterocycles. The fourth-order valence-electron chi connectivity index (χ4n) is 3.86. The van der Waals surface area contributed by atoms with Gasteiger partial charge in [-0.2, -0.15) is 0 Å². The van der Waals surface area contributed by atoms with Crippen molar-refractivity contribution in [2.24, 2.45) is 0 Å². The summed E-state index contributed by atoms with van der Waals surface area (Å²) in [5.41, 5.74) is 2.89. The van der Waals surface area contributed by atoms with E-state index in [1.807, 2.05) is 13.1 Å². The van der Waals surface area contributed by atoms with Crippen LogP contribution in [0.4, 0.5) is 4.39 Å². The van der Waals surface area contributed by atoms with Gasteiger partial charge in [0, 0.05) is 18.2 Å². The monoisotopic (exact) mass is 359 g/mol. The number of likely N-dealkylation sites (N-methyl/N-ethyl adjacent to an activating group) is 1. The van der Waals surface area contributed by atoms with Crippen LogP contribution in [0, 0.1) is 5.82 Å². The number of nitrogens with zero attached hydrogens (tertiary/aromatic N) is 1. The molecule has 2 unspecified atom stereocenters. The van der Waals surface area contributed by atoms with Crippen LogP contribution in [-0.2, 0) is 6.42 Å². The average molecular weight is 359 g/mol. The van der Waals surface area contributed by atoms with Gasteiger partial charge in [-0.15, -0.1) is 0 Å². The molecule has 2 aromatic carbocycles. The molecule has 0 radical (unpaired) electrons. The minimum absolute atomic E-state index is 0.0387. The normalized spacial score (nSPS) is 19.9. The number of hydrogen-bond acceptors (Lipinski definition) is 5. The molecule has 5 nitrogen and oxygen atoms in total. The predicted molar refractivity (Wildman–Crippen MR) is 94.2 cm³/mol. The lowest BCUT2D eigenvalue weighted by Crippen LogP contribution is -2.33. The molecule has 0 aliphatic carbocycles. The molecular weight excluding hydrogens is 337 g/mol. The van der Waals surface area contributed by atoms with Gasteiger partial charge in [0.2, 0.25) is 12.5 Å². The molecule has 0 bridgehead atoms. The third-order valence-corrected chi connectivity index (χ3v) is 5.25. The number of halogens is 1. The highest BCUT2D eigenvalue weighted by molar-refractivity contribution is 5.61. The summed E-state index contributed by atoms with van der Waals surface area (Å²) in [7, 11) is 3.66. The summed E-state index contributed by atoms with van der Waals surface area (Å²) in [6.45, 7) is 1.06. The van der Waals surface area contributed by atoms with Crippen molar-refractivity contribution < 1.29 is 23.7 Å². The third-order valence-electron chi connectivity index (χ3n) is 5.25. The number of benzene rings is 2. The number of aliphatic hydroxyl groups excluding tert-OH is 1. The molecule has 0 saturated heterocycles. The van der Waals surface area contributed by atoms with E-state index in [0.29, 0.717) is 29.2 Å². The molecule has 26 heavy (non-hydrogen) atoms. The molecule has 1 N–H and O–H groups in total. The van der Waals surface area contributed by atoms with E-state index in [-0.39, 0.29) is 18.7 Å². The van der Waals surface area contributed by atoms with Gasteiger partial charge in [0.1, 0.15) is 5.82 Å². The van der Waals surface area contributed by atoms with E-state index in [0.717, 1.165) is 24.1 Å². The lowest BCUT2D eigenvalue weighted by atomic mass is 9.87. The Balaban J connectivity index is 1.70. The van der Waals surface area contributed by atoms with Gasteiger partial charge in [-0.05, 0) is 49.2 Å². The van der Waals surface area contributed by atoms with Crippen LogP contribution < -0.4 is 14.2 Å². The summed E-state index contributed by atoms with van der Waals surface area (Å²) >= 11 is 0. The molecule has 2 atom stereocenters. The van der Waals surface area contributed by atoms with E-state index < -0.39 is 6.10 Å². The fourth-order valence-corrected chi connectivity index (χ4v) is 3.86. The molecule has 4 rings (SSSR count). The van der Waals surface area contributed by atoms with Crippen LogP contribution in [0.1, 0.15) is 35.3 Å². The first-order valence-electron chi connectivity index (χ1n) is 8.71. The summed E-state index contributed by atoms with van der Waals surface area (Å²) in [5, 5.41) is 10.7. The van der Waals surface area contributed by atoms with Crippen molar-refractivity contribution in [3.8, 4) is 17.2 Å². The maximum Gasteiger partial charge on any atom is 0.231 e. The summed E-state index contributed by atoms with van der Waals surface area (Å²) in [4.78, 5) is 2.21. The predicted octanol–water partition coefficient (Wildman–Crippen LogP) is 3.22. The van der Waals surface area contributed by atoms with E-state index in [2.05, 4.69) is 4.90 Å². The fraction of sp³-hybridized carbons (Fsp3) is 0.400. The Morgan fingerprint density at radius 2 is 2.08 bits per heavy atom. The van der Waals surface area contributed by atoms with Crippen molar-refractivity contribution in [3.63, 3.8) is 0 Å². The highest BCUT2D eigenvalue weighted by Crippen LogP contribution is 2.50. The second-order valence-electron chi connectivity index (χ2n) is 6.77. The van der Waals surface area contributed by atoms with Gasteiger partial charge in [0.25, 0.3) is 0 Å². The zero-order valence-electron chi connectivity index (χ0n) is 14.9. The molecule has 2 aliphatic rings. The van der Waals surface area contributed by atoms with Gasteiger partial charge < -0.3 is 19.3 Å². The van der Waals surface area contributed by atoms with Crippen molar-refractivity contribution in [2.75, 3.05) is 27.5 Å². The van der Waals surface area contributed by atoms with Crippen molar-refractivity contribution >= 4 is 0 Å². The summed E-state index contributed by atoms with van der Waals surface area (Å²) in [5.74, 6) is 1.71. The van der Waals surface area contributed by atoms with Gasteiger partial charge >= 0.3 is 0 Å². The van der Waals surface area contributed by atoms with E-state index >= 15 is 0 Å². The van der Waals surface area contributed by atoms with Crippen LogP contribution in [0.15, 0.2) is 30.3 Å². The van der Waals surface area contributed by atoms with Crippen LogP contribution in [0.25, 0.3) is 0 Å². The first-order valence-corrected chi connectivity index (χ1v) is 8.71. The molecule has 0 amide bonds. The van der Waals surface area contributed by atoms with Gasteiger partial charge in [0.15, 0.2) is 11.5 Å². The second kappa shape index (κ2) is 6.78. The molecule has 0 fully saturated rings. The Labute approximate surface area is 151 Å². The maximum atomic E-state index is 13.2. The van der Waals surface area contributed by atoms with Crippen molar-refractivity contribution in [1.82, 2.24) is 4.90 Å². The molecule has 6 heteroatoms. The van der Waals surface area contributed by atoms with Gasteiger partial charge in [-0.25, -0.2) is 4.39 Å². The highest BCUT2D eigenvalue weighted by atomic mass is 19.1. The number of methoxy groups -OCH3 is 1. The van der Waals surface area contributed by atoms with Gasteiger partial charge in [-0.3, -0.25) is 4.90 Å². The first-order chi connectivity index (χ1) is 12.6. The molecule has 0 saturated carbocycles. The number of ether oxygens (including phenoxy) is 3. The molecular formula is C20H22FNO4. The first kappa shape index (κ1) is 17.1. The van der Waals surface area contributed by atoms with Crippen molar-refractivity contribution in [2.45, 2.75) is 25.0 Å². The Morgan fingerprint density at radius 3 is 2.81 bits per heavy atom. The van der Waals surface area contributed by atoms with Crippen LogP contribution in [0.2, 0.25) is 0 Å². The molecule has 2 heterocycles. The van der Waals surface area contributed by atoms with E-state index in [1.165, 1.54) is 12.1 Å². The number of rotatable bonds is 4. The van der Waals surface area contributed by atoms with E-state index in [9.17, 15) is 9.50 Å². The standard InChI is InChI=1S/C20H22FNO4/c1-22-8-7-13-9-17-19(26-11-25-17)20(24-2)18(13)15(22)10-16(23)12-3-5-14(21)6-4-12/h3-6,9,15-16,23H,7-8,10-11H2,1-2H3. The second-order valence-corrected chi connectivity index (χ2v) is 6.77. The highest BCUT2D eigenvalue weighted by Gasteiger charge is 2.35. The minimum Gasteiger partial charge on any atom is -0.492 e. The SMILES string of the molecule is COc1c2c(cc3c1C(CC(O)c1ccc(F)cc1)N(C)CC3)OCO2. The van der Waals surface area contributed by atoms with Crippen LogP contribution in [0.3, 0.4) is 0 Å². The lowest BCUT2D eigenvalue weighted by molar-refractivity contribution is 0.107. The smallest absolute Gasteiger partial charge is 0.231 e. The number of fused-ring (bicyclic) bond motifs is 2. The lowest BCUT2D eigenvalue weighted by Gasteiger charge is -2.37. The quantitative estimate of drug-likeness (QED) is 0.908. The maximum absolute atomic E-state index is 13.2. The minimum atomic E-state index is -0.705. The molecule has 0 spiro atoms. The van der Waals surface area contributed by atoms with Crippen molar-refractivity contribution in [1.29, 1.82) is 0 Å². The molecule has 2 aromatic rings. The Morgan fingerprint density at radius 1 is 1.31 bits per heavy atom. The molecule has 0 aromatic heterocycles. The Bertz CT molecular complexity index is 808. The van der Waals surface area contributed by atoms with E-state index in [1.54, 1.807) is 19.2 Å². The number of aliphatic hydroxyl groups is 1. The third kappa shape index (κ3) is 2.89. The molecule has 138 valence electrons. The topological polar surface area (TPSA) is 51.2 Å². The van der Waals surface area contributed by atoms with Crippen LogP contribution in [-0.4, -0.2) is 37.5 Å². The summed E-state index contributed by atoms with van der Waals surface area (Å²) in [6, 6.07) is 7.97. The Hall–Kier alpha value is -2.31. The zero-order valence-corrected chi connectivity index (χ0v) is 14.9. The zero-order chi connectivity index (χ0) is 18.3. The summed E-state index contributed by atoms with van der Waals surface area (Å²) in [6.07, 6.45) is 0.650. The van der Waals surface area contributed by atoms with Crippen molar-refractivity contribution in [3.05, 3.63) is 52.8 Å². The van der Waals surface area contributed by atoms with E-state index in [4.69, 9.17) is 14.2 Å². The van der Waals surface area contributed by atoms with Crippen LogP contribution >= 0.6 is 0 Å². The summed E-state index contributed by atoms with van der Waals surface area (Å²) < 4.78 is 30.0. The Kier molecular flexibility index (Phi) is 4.46. The average Bonchev–Trinajstić information content (AvgIpc) is 3.11.